The normalized spacial score (nSPS) is 41.2. The van der Waals surface area contributed by atoms with Crippen molar-refractivity contribution in [3.63, 3.8) is 0 Å². The van der Waals surface area contributed by atoms with E-state index in [1.807, 2.05) is 0 Å². The molecule has 1 saturated heterocycles. The van der Waals surface area contributed by atoms with E-state index in [4.69, 9.17) is 4.74 Å². The van der Waals surface area contributed by atoms with Gasteiger partial charge in [-0.3, -0.25) is 9.59 Å². The molecule has 2 saturated carbocycles. The number of rotatable bonds is 5. The number of likely N-dealkylation sites (tertiary alicyclic amines) is 1. The average molecular weight is 441 g/mol. The molecular weight excluding hydrogens is 398 g/mol. The molecule has 0 aromatic carbocycles. The molecule has 6 atom stereocenters. The minimum absolute atomic E-state index is 0.0323. The SMILES string of the molecule is CC(=O)C1=CC[C@H]2[C@@H]3CC[C@@H]4C=C(OC(=O)CC[NH+]5CCCC5)CC[C@]4(C)[C@H]3CC[C@]12C. The molecule has 4 aliphatic carbocycles. The van der Waals surface area contributed by atoms with Gasteiger partial charge in [-0.1, -0.05) is 19.9 Å². The molecule has 0 radical (unpaired) electrons. The Bertz CT molecular complexity index is 838. The fraction of sp³-hybridized carbons (Fsp3) is 0.786. The first-order valence-electron chi connectivity index (χ1n) is 13.3. The molecule has 5 aliphatic rings. The van der Waals surface area contributed by atoms with Gasteiger partial charge in [0.15, 0.2) is 5.78 Å². The van der Waals surface area contributed by atoms with Gasteiger partial charge in [-0.15, -0.1) is 0 Å². The molecule has 176 valence electrons. The van der Waals surface area contributed by atoms with Crippen LogP contribution in [0.3, 0.4) is 0 Å². The molecule has 4 nitrogen and oxygen atoms in total. The van der Waals surface area contributed by atoms with Crippen molar-refractivity contribution in [1.29, 1.82) is 0 Å². The number of hydrogen-bond acceptors (Lipinski definition) is 3. The maximum atomic E-state index is 12.5. The van der Waals surface area contributed by atoms with Gasteiger partial charge in [0.25, 0.3) is 0 Å². The highest BCUT2D eigenvalue weighted by atomic mass is 16.5. The van der Waals surface area contributed by atoms with Crippen LogP contribution >= 0.6 is 0 Å². The number of esters is 1. The third-order valence-electron chi connectivity index (χ3n) is 10.4. The van der Waals surface area contributed by atoms with E-state index in [0.29, 0.717) is 23.7 Å². The molecule has 0 amide bonds. The molecule has 0 aromatic rings. The van der Waals surface area contributed by atoms with Crippen molar-refractivity contribution in [2.45, 2.75) is 85.0 Å². The second kappa shape index (κ2) is 8.42. The molecule has 0 aromatic heterocycles. The number of quaternary nitrogens is 1. The topological polar surface area (TPSA) is 47.8 Å². The third-order valence-corrected chi connectivity index (χ3v) is 10.4. The third kappa shape index (κ3) is 3.71. The predicted octanol–water partition coefficient (Wildman–Crippen LogP) is 4.26. The number of hydrogen-bond donors (Lipinski definition) is 1. The molecule has 1 heterocycles. The second-order valence-electron chi connectivity index (χ2n) is 12.0. The first kappa shape index (κ1) is 22.4. The Balaban J connectivity index is 1.24. The summed E-state index contributed by atoms with van der Waals surface area (Å²) >= 11 is 0. The van der Waals surface area contributed by atoms with Crippen LogP contribution in [0.15, 0.2) is 23.5 Å². The largest absolute Gasteiger partial charge is 0.431 e. The fourth-order valence-electron chi connectivity index (χ4n) is 8.63. The molecule has 1 aliphatic heterocycles. The van der Waals surface area contributed by atoms with E-state index in [2.05, 4.69) is 26.0 Å². The molecule has 0 spiro atoms. The highest BCUT2D eigenvalue weighted by molar-refractivity contribution is 5.95. The molecule has 3 fully saturated rings. The Morgan fingerprint density at radius 2 is 1.88 bits per heavy atom. The average Bonchev–Trinajstić information content (AvgIpc) is 3.39. The van der Waals surface area contributed by atoms with E-state index >= 15 is 0 Å². The highest BCUT2D eigenvalue weighted by Gasteiger charge is 2.58. The van der Waals surface area contributed by atoms with Gasteiger partial charge in [-0.25, -0.2) is 0 Å². The van der Waals surface area contributed by atoms with Crippen LogP contribution in [0, 0.1) is 34.5 Å². The molecular formula is C28H42NO3+. The number of ketones is 1. The van der Waals surface area contributed by atoms with Crippen molar-refractivity contribution in [3.8, 4) is 0 Å². The number of allylic oxidation sites excluding steroid dienone is 4. The zero-order valence-electron chi connectivity index (χ0n) is 20.4. The second-order valence-corrected chi connectivity index (χ2v) is 12.0. The first-order valence-corrected chi connectivity index (χ1v) is 13.3. The van der Waals surface area contributed by atoms with Crippen LogP contribution in [-0.4, -0.2) is 31.4 Å². The lowest BCUT2D eigenvalue weighted by molar-refractivity contribution is -0.886. The van der Waals surface area contributed by atoms with Crippen LogP contribution in [0.5, 0.6) is 0 Å². The Labute approximate surface area is 193 Å². The van der Waals surface area contributed by atoms with Gasteiger partial charge in [0.2, 0.25) is 0 Å². The quantitative estimate of drug-likeness (QED) is 0.650. The molecule has 0 bridgehead atoms. The monoisotopic (exact) mass is 440 g/mol. The number of Topliss-reactive ketones (excluding diaryl/α,β-unsaturated/α-hetero) is 1. The summed E-state index contributed by atoms with van der Waals surface area (Å²) in [6, 6.07) is 0. The molecule has 0 unspecified atom stereocenters. The van der Waals surface area contributed by atoms with Crippen LogP contribution in [0.25, 0.3) is 0 Å². The molecule has 5 rings (SSSR count). The summed E-state index contributed by atoms with van der Waals surface area (Å²) in [5, 5.41) is 0. The standard InChI is InChI=1S/C28H41NO3/c1-19(30)23-8-9-24-22-7-6-20-18-21(32-26(31)12-17-29-15-4-5-16-29)10-13-27(20,2)25(22)11-14-28(23,24)3/h8,18,20,22,24-25H,4-7,9-17H2,1-3H3/p+1/t20-,22+,24+,25+,27+,28-/m1/s1. The van der Waals surface area contributed by atoms with Gasteiger partial charge >= 0.3 is 5.97 Å². The molecule has 1 N–H and O–H groups in total. The van der Waals surface area contributed by atoms with Gasteiger partial charge in [0.05, 0.1) is 26.1 Å². The Morgan fingerprint density at radius 1 is 1.09 bits per heavy atom. The Kier molecular flexibility index (Phi) is 5.89. The molecule has 4 heteroatoms. The number of carbonyl (C=O) groups excluding carboxylic acids is 2. The van der Waals surface area contributed by atoms with Crippen molar-refractivity contribution < 1.29 is 19.2 Å². The minimum Gasteiger partial charge on any atom is -0.431 e. The smallest absolute Gasteiger partial charge is 0.316 e. The lowest BCUT2D eigenvalue weighted by Crippen LogP contribution is -3.10. The number of carbonyl (C=O) groups is 2. The summed E-state index contributed by atoms with van der Waals surface area (Å²) in [6.45, 7) is 9.98. The highest BCUT2D eigenvalue weighted by Crippen LogP contribution is 2.66. The number of ether oxygens (including phenoxy) is 1. The van der Waals surface area contributed by atoms with E-state index in [0.717, 1.165) is 55.4 Å². The van der Waals surface area contributed by atoms with Gasteiger partial charge in [-0.2, -0.15) is 0 Å². The van der Waals surface area contributed by atoms with E-state index < -0.39 is 0 Å². The zero-order valence-corrected chi connectivity index (χ0v) is 20.4. The Hall–Kier alpha value is -1.42. The number of nitrogens with one attached hydrogen (secondary N) is 1. The van der Waals surface area contributed by atoms with Crippen LogP contribution in [-0.2, 0) is 14.3 Å². The van der Waals surface area contributed by atoms with Crippen molar-refractivity contribution in [3.05, 3.63) is 23.5 Å². The number of fused-ring (bicyclic) bond motifs is 5. The van der Waals surface area contributed by atoms with Crippen LogP contribution < -0.4 is 4.90 Å². The minimum atomic E-state index is -0.0323. The molecule has 32 heavy (non-hydrogen) atoms. The maximum absolute atomic E-state index is 12.5. The van der Waals surface area contributed by atoms with Crippen LogP contribution in [0.4, 0.5) is 0 Å². The van der Waals surface area contributed by atoms with E-state index in [1.165, 1.54) is 45.2 Å². The van der Waals surface area contributed by atoms with Crippen molar-refractivity contribution in [2.75, 3.05) is 19.6 Å². The van der Waals surface area contributed by atoms with E-state index in [9.17, 15) is 9.59 Å². The summed E-state index contributed by atoms with van der Waals surface area (Å²) in [5.41, 5.74) is 1.51. The van der Waals surface area contributed by atoms with Gasteiger partial charge in [0, 0.05) is 19.3 Å². The van der Waals surface area contributed by atoms with Gasteiger partial charge in [0.1, 0.15) is 5.76 Å². The summed E-state index contributed by atoms with van der Waals surface area (Å²) in [7, 11) is 0. The lowest BCUT2D eigenvalue weighted by Gasteiger charge is -2.59. The van der Waals surface area contributed by atoms with Crippen LogP contribution in [0.2, 0.25) is 0 Å². The van der Waals surface area contributed by atoms with Crippen molar-refractivity contribution >= 4 is 11.8 Å². The summed E-state index contributed by atoms with van der Waals surface area (Å²) in [5.74, 6) is 3.80. The van der Waals surface area contributed by atoms with Crippen molar-refractivity contribution in [2.24, 2.45) is 34.5 Å². The van der Waals surface area contributed by atoms with E-state index in [-0.39, 0.29) is 17.2 Å². The summed E-state index contributed by atoms with van der Waals surface area (Å²) in [4.78, 5) is 26.3. The zero-order chi connectivity index (χ0) is 22.5. The van der Waals surface area contributed by atoms with Gasteiger partial charge < -0.3 is 9.64 Å². The maximum Gasteiger partial charge on any atom is 0.316 e. The van der Waals surface area contributed by atoms with Gasteiger partial charge in [-0.05, 0) is 91.6 Å². The predicted molar refractivity (Wildman–Crippen MR) is 125 cm³/mol. The lowest BCUT2D eigenvalue weighted by atomic mass is 9.45. The fourth-order valence-corrected chi connectivity index (χ4v) is 8.63. The first-order chi connectivity index (χ1) is 15.3. The van der Waals surface area contributed by atoms with Crippen molar-refractivity contribution in [1.82, 2.24) is 0 Å². The summed E-state index contributed by atoms with van der Waals surface area (Å²) in [6.07, 6.45) is 15.7. The van der Waals surface area contributed by atoms with Crippen LogP contribution in [0.1, 0.15) is 85.0 Å². The van der Waals surface area contributed by atoms with E-state index in [1.54, 1.807) is 11.8 Å². The Morgan fingerprint density at radius 3 is 2.62 bits per heavy atom. The summed E-state index contributed by atoms with van der Waals surface area (Å²) < 4.78 is 5.87.